The summed E-state index contributed by atoms with van der Waals surface area (Å²) in [5, 5.41) is 15.4. The molecule has 5 nitrogen and oxygen atoms in total. The highest BCUT2D eigenvalue weighted by atomic mass is 19.1. The zero-order chi connectivity index (χ0) is 15.2. The topological polar surface area (TPSA) is 67.2 Å². The highest BCUT2D eigenvalue weighted by Crippen LogP contribution is 2.09. The Labute approximate surface area is 121 Å². The van der Waals surface area contributed by atoms with Gasteiger partial charge in [0.15, 0.2) is 0 Å². The second-order valence-corrected chi connectivity index (χ2v) is 4.32. The summed E-state index contributed by atoms with van der Waals surface area (Å²) < 4.78 is 15.4. The third-order valence-corrected chi connectivity index (χ3v) is 2.73. The number of aliphatic hydroxyl groups is 1. The van der Waals surface area contributed by atoms with Gasteiger partial charge in [0.1, 0.15) is 12.4 Å². The predicted molar refractivity (Wildman–Crippen MR) is 74.7 cm³/mol. The summed E-state index contributed by atoms with van der Waals surface area (Å²) >= 11 is 0. The predicted octanol–water partition coefficient (Wildman–Crippen LogP) is 0.833. The molecule has 0 aliphatic rings. The van der Waals surface area contributed by atoms with Gasteiger partial charge in [-0.15, -0.1) is 0 Å². The molecule has 0 bridgehead atoms. The van der Waals surface area contributed by atoms with E-state index in [1.807, 2.05) is 0 Å². The fourth-order valence-electron chi connectivity index (χ4n) is 1.72. The van der Waals surface area contributed by atoms with E-state index >= 15 is 0 Å². The van der Waals surface area contributed by atoms with Gasteiger partial charge < -0.3 is 10.4 Å². The van der Waals surface area contributed by atoms with Crippen molar-refractivity contribution >= 4 is 5.91 Å². The van der Waals surface area contributed by atoms with Crippen molar-refractivity contribution in [3.05, 3.63) is 53.1 Å². The molecule has 0 spiro atoms. The molecule has 6 heteroatoms. The van der Waals surface area contributed by atoms with Crippen LogP contribution in [0.1, 0.15) is 21.6 Å². The molecule has 2 N–H and O–H groups in total. The van der Waals surface area contributed by atoms with Crippen molar-refractivity contribution < 1.29 is 14.3 Å². The summed E-state index contributed by atoms with van der Waals surface area (Å²) in [6.07, 6.45) is 1.77. The molecule has 2 rings (SSSR count). The van der Waals surface area contributed by atoms with Crippen LogP contribution in [0.25, 0.3) is 0 Å². The first-order valence-electron chi connectivity index (χ1n) is 6.26. The summed E-state index contributed by atoms with van der Waals surface area (Å²) in [5.41, 5.74) is 1.07. The lowest BCUT2D eigenvalue weighted by Gasteiger charge is -2.04. The number of rotatable bonds is 3. The molecule has 0 saturated heterocycles. The second-order valence-electron chi connectivity index (χ2n) is 4.32. The van der Waals surface area contributed by atoms with Crippen molar-refractivity contribution in [2.45, 2.75) is 6.54 Å². The van der Waals surface area contributed by atoms with Crippen LogP contribution < -0.4 is 5.32 Å². The largest absolute Gasteiger partial charge is 0.384 e. The van der Waals surface area contributed by atoms with Gasteiger partial charge in [0.05, 0.1) is 17.8 Å². The Morgan fingerprint density at radius 1 is 1.48 bits per heavy atom. The standard InChI is InChI=1S/C15H14FN3O2/c1-19-7-6-13(18-19)10-17-15(21)12-5-4-11(3-2-8-20)14(16)9-12/h4-7,9,20H,8,10H2,1H3,(H,17,21). The maximum Gasteiger partial charge on any atom is 0.251 e. The van der Waals surface area contributed by atoms with Crippen LogP contribution in [-0.4, -0.2) is 27.4 Å². The molecule has 0 aliphatic heterocycles. The van der Waals surface area contributed by atoms with Gasteiger partial charge in [-0.2, -0.15) is 5.10 Å². The van der Waals surface area contributed by atoms with Gasteiger partial charge in [-0.25, -0.2) is 4.39 Å². The number of carbonyl (C=O) groups excluding carboxylic acids is 1. The molecule has 1 aromatic carbocycles. The lowest BCUT2D eigenvalue weighted by Crippen LogP contribution is -2.23. The number of nitrogens with one attached hydrogen (secondary N) is 1. The molecular formula is C15H14FN3O2. The first-order valence-corrected chi connectivity index (χ1v) is 6.26. The zero-order valence-corrected chi connectivity index (χ0v) is 11.4. The number of aryl methyl sites for hydroxylation is 1. The van der Waals surface area contributed by atoms with E-state index in [0.29, 0.717) is 0 Å². The molecule has 1 heterocycles. The van der Waals surface area contributed by atoms with E-state index < -0.39 is 5.82 Å². The molecule has 1 amide bonds. The Morgan fingerprint density at radius 3 is 2.90 bits per heavy atom. The van der Waals surface area contributed by atoms with E-state index in [9.17, 15) is 9.18 Å². The van der Waals surface area contributed by atoms with Crippen LogP contribution in [0, 0.1) is 17.7 Å². The Hall–Kier alpha value is -2.65. The molecule has 21 heavy (non-hydrogen) atoms. The summed E-state index contributed by atoms with van der Waals surface area (Å²) in [7, 11) is 1.78. The van der Waals surface area contributed by atoms with Crippen LogP contribution in [0.3, 0.4) is 0 Å². The van der Waals surface area contributed by atoms with Gasteiger partial charge in [0, 0.05) is 18.8 Å². The molecule has 0 fully saturated rings. The number of halogens is 1. The van der Waals surface area contributed by atoms with Crippen LogP contribution in [0.4, 0.5) is 4.39 Å². The summed E-state index contributed by atoms with van der Waals surface area (Å²) in [5.74, 6) is 3.84. The van der Waals surface area contributed by atoms with Crippen molar-refractivity contribution in [1.82, 2.24) is 15.1 Å². The monoisotopic (exact) mass is 287 g/mol. The Balaban J connectivity index is 2.04. The molecule has 0 saturated carbocycles. The number of aliphatic hydroxyl groups excluding tert-OH is 1. The first-order chi connectivity index (χ1) is 10.1. The quantitative estimate of drug-likeness (QED) is 0.822. The van der Waals surface area contributed by atoms with Gasteiger partial charge in [-0.1, -0.05) is 11.8 Å². The lowest BCUT2D eigenvalue weighted by atomic mass is 10.1. The van der Waals surface area contributed by atoms with E-state index in [1.54, 1.807) is 24.0 Å². The third kappa shape index (κ3) is 3.91. The SMILES string of the molecule is Cn1ccc(CNC(=O)c2ccc(C#CCO)c(F)c2)n1. The average molecular weight is 287 g/mol. The molecule has 108 valence electrons. The van der Waals surface area contributed by atoms with Gasteiger partial charge in [-0.3, -0.25) is 9.48 Å². The molecular weight excluding hydrogens is 273 g/mol. The van der Waals surface area contributed by atoms with E-state index in [0.717, 1.165) is 11.8 Å². The van der Waals surface area contributed by atoms with E-state index in [-0.39, 0.29) is 30.2 Å². The van der Waals surface area contributed by atoms with Gasteiger partial charge in [0.2, 0.25) is 0 Å². The Morgan fingerprint density at radius 2 is 2.29 bits per heavy atom. The third-order valence-electron chi connectivity index (χ3n) is 2.73. The van der Waals surface area contributed by atoms with Crippen molar-refractivity contribution in [3.8, 4) is 11.8 Å². The molecule has 0 aliphatic carbocycles. The van der Waals surface area contributed by atoms with Gasteiger partial charge >= 0.3 is 0 Å². The number of carbonyl (C=O) groups is 1. The van der Waals surface area contributed by atoms with Crippen molar-refractivity contribution in [2.75, 3.05) is 6.61 Å². The number of hydrogen-bond donors (Lipinski definition) is 2. The van der Waals surface area contributed by atoms with Crippen LogP contribution in [0.15, 0.2) is 30.5 Å². The van der Waals surface area contributed by atoms with Crippen molar-refractivity contribution in [2.24, 2.45) is 7.05 Å². The minimum Gasteiger partial charge on any atom is -0.384 e. The van der Waals surface area contributed by atoms with E-state index in [4.69, 9.17) is 5.11 Å². The first kappa shape index (κ1) is 14.8. The number of nitrogens with zero attached hydrogens (tertiary/aromatic N) is 2. The average Bonchev–Trinajstić information content (AvgIpc) is 2.89. The molecule has 1 aromatic heterocycles. The second kappa shape index (κ2) is 6.68. The number of aromatic nitrogens is 2. The molecule has 0 radical (unpaired) electrons. The molecule has 0 atom stereocenters. The zero-order valence-electron chi connectivity index (χ0n) is 11.4. The van der Waals surface area contributed by atoms with E-state index in [2.05, 4.69) is 22.3 Å². The summed E-state index contributed by atoms with van der Waals surface area (Å²) in [6, 6.07) is 5.80. The number of benzene rings is 1. The minimum atomic E-state index is -0.596. The summed E-state index contributed by atoms with van der Waals surface area (Å²) in [4.78, 5) is 11.9. The molecule has 0 unspecified atom stereocenters. The number of amides is 1. The maximum atomic E-state index is 13.7. The highest BCUT2D eigenvalue weighted by Gasteiger charge is 2.09. The lowest BCUT2D eigenvalue weighted by molar-refractivity contribution is 0.0950. The molecule has 2 aromatic rings. The Kier molecular flexibility index (Phi) is 4.69. The number of hydrogen-bond acceptors (Lipinski definition) is 3. The Bertz CT molecular complexity index is 713. The fourth-order valence-corrected chi connectivity index (χ4v) is 1.72. The van der Waals surface area contributed by atoms with Crippen LogP contribution in [-0.2, 0) is 13.6 Å². The smallest absolute Gasteiger partial charge is 0.251 e. The van der Waals surface area contributed by atoms with Gasteiger partial charge in [0.25, 0.3) is 5.91 Å². The van der Waals surface area contributed by atoms with Crippen molar-refractivity contribution in [1.29, 1.82) is 0 Å². The minimum absolute atomic E-state index is 0.144. The maximum absolute atomic E-state index is 13.7. The van der Waals surface area contributed by atoms with Gasteiger partial charge in [-0.05, 0) is 24.3 Å². The normalized spacial score (nSPS) is 9.86. The van der Waals surface area contributed by atoms with E-state index in [1.165, 1.54) is 12.1 Å². The highest BCUT2D eigenvalue weighted by molar-refractivity contribution is 5.94. The fraction of sp³-hybridized carbons (Fsp3) is 0.200. The van der Waals surface area contributed by atoms with Crippen molar-refractivity contribution in [3.63, 3.8) is 0 Å². The van der Waals surface area contributed by atoms with Crippen LogP contribution in [0.5, 0.6) is 0 Å². The van der Waals surface area contributed by atoms with Crippen LogP contribution >= 0.6 is 0 Å². The van der Waals surface area contributed by atoms with Crippen LogP contribution in [0.2, 0.25) is 0 Å². The summed E-state index contributed by atoms with van der Waals surface area (Å²) in [6.45, 7) is -0.0703.